The van der Waals surface area contributed by atoms with Crippen molar-refractivity contribution in [2.45, 2.75) is 39.7 Å². The van der Waals surface area contributed by atoms with Crippen LogP contribution >= 0.6 is 0 Å². The van der Waals surface area contributed by atoms with Gasteiger partial charge in [0.05, 0.1) is 0 Å². The Morgan fingerprint density at radius 2 is 2.10 bits per heavy atom. The van der Waals surface area contributed by atoms with Crippen LogP contribution in [0.3, 0.4) is 0 Å². The Morgan fingerprint density at radius 1 is 1.35 bits per heavy atom. The fraction of sp³-hybridized carbons (Fsp3) is 0.467. The molecule has 1 atom stereocenters. The number of halogens is 1. The Morgan fingerprint density at radius 3 is 2.80 bits per heavy atom. The van der Waals surface area contributed by atoms with Gasteiger partial charge in [-0.1, -0.05) is 25.1 Å². The summed E-state index contributed by atoms with van der Waals surface area (Å²) in [7, 11) is 0. The fourth-order valence-corrected chi connectivity index (χ4v) is 2.20. The third kappa shape index (κ3) is 3.63. The summed E-state index contributed by atoms with van der Waals surface area (Å²) < 4.78 is 18.5. The first kappa shape index (κ1) is 14.7. The molecule has 0 bridgehead atoms. The molecule has 0 aliphatic heterocycles. The number of aryl methyl sites for hydroxylation is 1. The van der Waals surface area contributed by atoms with E-state index in [4.69, 9.17) is 10.3 Å². The van der Waals surface area contributed by atoms with Crippen molar-refractivity contribution in [3.8, 4) is 11.4 Å². The topological polar surface area (TPSA) is 64.9 Å². The Kier molecular flexibility index (Phi) is 4.49. The summed E-state index contributed by atoms with van der Waals surface area (Å²) in [5.41, 5.74) is 7.58. The molecule has 5 heteroatoms. The van der Waals surface area contributed by atoms with Crippen LogP contribution in [0.5, 0.6) is 0 Å². The van der Waals surface area contributed by atoms with Gasteiger partial charge in [0, 0.05) is 18.0 Å². The van der Waals surface area contributed by atoms with Gasteiger partial charge in [-0.05, 0) is 37.0 Å². The molecule has 2 rings (SSSR count). The summed E-state index contributed by atoms with van der Waals surface area (Å²) in [6, 6.07) is 4.53. The quantitative estimate of drug-likeness (QED) is 0.912. The highest BCUT2D eigenvalue weighted by molar-refractivity contribution is 5.59. The maximum atomic E-state index is 13.3. The minimum atomic E-state index is -0.312. The zero-order chi connectivity index (χ0) is 14.7. The molecule has 1 aromatic carbocycles. The van der Waals surface area contributed by atoms with Gasteiger partial charge in [0.2, 0.25) is 11.7 Å². The van der Waals surface area contributed by atoms with E-state index < -0.39 is 0 Å². The third-order valence-electron chi connectivity index (χ3n) is 3.12. The van der Waals surface area contributed by atoms with Crippen LogP contribution in [0.1, 0.15) is 31.7 Å². The van der Waals surface area contributed by atoms with Gasteiger partial charge in [0.25, 0.3) is 0 Å². The second-order valence-electron chi connectivity index (χ2n) is 5.56. The maximum Gasteiger partial charge on any atom is 0.228 e. The predicted octanol–water partition coefficient (Wildman–Crippen LogP) is 3.10. The van der Waals surface area contributed by atoms with E-state index in [1.807, 2.05) is 6.92 Å². The van der Waals surface area contributed by atoms with Crippen LogP contribution in [-0.4, -0.2) is 16.2 Å². The summed E-state index contributed by atoms with van der Waals surface area (Å²) in [5.74, 6) is 1.12. The lowest BCUT2D eigenvalue weighted by molar-refractivity contribution is 0.359. The normalized spacial score (nSPS) is 12.9. The van der Waals surface area contributed by atoms with Gasteiger partial charge < -0.3 is 10.3 Å². The van der Waals surface area contributed by atoms with Crippen molar-refractivity contribution in [2.24, 2.45) is 11.7 Å². The van der Waals surface area contributed by atoms with E-state index in [2.05, 4.69) is 24.0 Å². The monoisotopic (exact) mass is 277 g/mol. The second-order valence-corrected chi connectivity index (χ2v) is 5.56. The van der Waals surface area contributed by atoms with Crippen molar-refractivity contribution in [2.75, 3.05) is 0 Å². The number of aromatic nitrogens is 2. The van der Waals surface area contributed by atoms with Gasteiger partial charge in [0.15, 0.2) is 0 Å². The molecule has 0 aliphatic carbocycles. The summed E-state index contributed by atoms with van der Waals surface area (Å²) in [6.45, 7) is 6.12. The van der Waals surface area contributed by atoms with Crippen LogP contribution in [0.25, 0.3) is 11.4 Å². The minimum Gasteiger partial charge on any atom is -0.339 e. The van der Waals surface area contributed by atoms with Crippen LogP contribution in [-0.2, 0) is 6.42 Å². The van der Waals surface area contributed by atoms with Crippen molar-refractivity contribution in [3.63, 3.8) is 0 Å². The van der Waals surface area contributed by atoms with Crippen LogP contribution in [0, 0.1) is 18.7 Å². The van der Waals surface area contributed by atoms with Gasteiger partial charge in [-0.25, -0.2) is 4.39 Å². The molecule has 2 aromatic rings. The van der Waals surface area contributed by atoms with E-state index in [0.29, 0.717) is 29.6 Å². The minimum absolute atomic E-state index is 0.00286. The van der Waals surface area contributed by atoms with Gasteiger partial charge in [0.1, 0.15) is 5.82 Å². The molecule has 1 heterocycles. The molecule has 1 aromatic heterocycles. The lowest BCUT2D eigenvalue weighted by Crippen LogP contribution is -2.24. The summed E-state index contributed by atoms with van der Waals surface area (Å²) in [6.07, 6.45) is 1.44. The molecular weight excluding hydrogens is 257 g/mol. The van der Waals surface area contributed by atoms with Crippen molar-refractivity contribution < 1.29 is 8.91 Å². The average Bonchev–Trinajstić information content (AvgIpc) is 2.79. The van der Waals surface area contributed by atoms with Crippen molar-refractivity contribution in [1.29, 1.82) is 0 Å². The summed E-state index contributed by atoms with van der Waals surface area (Å²) in [4.78, 5) is 4.31. The van der Waals surface area contributed by atoms with Crippen LogP contribution < -0.4 is 5.73 Å². The molecule has 0 aliphatic rings. The number of rotatable bonds is 5. The van der Waals surface area contributed by atoms with Gasteiger partial charge >= 0.3 is 0 Å². The smallest absolute Gasteiger partial charge is 0.228 e. The van der Waals surface area contributed by atoms with Crippen LogP contribution in [0.4, 0.5) is 4.39 Å². The Labute approximate surface area is 118 Å². The molecule has 108 valence electrons. The third-order valence-corrected chi connectivity index (χ3v) is 3.12. The largest absolute Gasteiger partial charge is 0.339 e. The van der Waals surface area contributed by atoms with Gasteiger partial charge in [-0.3, -0.25) is 0 Å². The lowest BCUT2D eigenvalue weighted by atomic mass is 10.0. The van der Waals surface area contributed by atoms with Gasteiger partial charge in [-0.2, -0.15) is 4.98 Å². The molecule has 0 fully saturated rings. The molecule has 0 saturated carbocycles. The Balaban J connectivity index is 2.14. The predicted molar refractivity (Wildman–Crippen MR) is 75.6 cm³/mol. The summed E-state index contributed by atoms with van der Waals surface area (Å²) >= 11 is 0. The molecule has 2 N–H and O–H groups in total. The SMILES string of the molecule is Cc1ccc(F)cc1-c1noc(CC(N)CC(C)C)n1. The molecule has 0 spiro atoms. The zero-order valence-corrected chi connectivity index (χ0v) is 12.1. The first-order valence-electron chi connectivity index (χ1n) is 6.80. The highest BCUT2D eigenvalue weighted by Crippen LogP contribution is 2.22. The number of hydrogen-bond donors (Lipinski definition) is 1. The van der Waals surface area contributed by atoms with Crippen molar-refractivity contribution in [3.05, 3.63) is 35.5 Å². The Hall–Kier alpha value is -1.75. The van der Waals surface area contributed by atoms with Crippen LogP contribution in [0.15, 0.2) is 22.7 Å². The standard InChI is InChI=1S/C15H20FN3O/c1-9(2)6-12(17)8-14-18-15(19-20-14)13-7-11(16)5-4-10(13)3/h4-5,7,9,12H,6,8,17H2,1-3H3. The van der Waals surface area contributed by atoms with Crippen molar-refractivity contribution in [1.82, 2.24) is 10.1 Å². The number of benzene rings is 1. The fourth-order valence-electron chi connectivity index (χ4n) is 2.20. The van der Waals surface area contributed by atoms with E-state index in [9.17, 15) is 4.39 Å². The van der Waals surface area contributed by atoms with Gasteiger partial charge in [-0.15, -0.1) is 0 Å². The molecule has 20 heavy (non-hydrogen) atoms. The molecule has 4 nitrogen and oxygen atoms in total. The zero-order valence-electron chi connectivity index (χ0n) is 12.1. The van der Waals surface area contributed by atoms with Crippen LogP contribution in [0.2, 0.25) is 0 Å². The molecule has 0 amide bonds. The molecular formula is C15H20FN3O. The first-order chi connectivity index (χ1) is 9.45. The highest BCUT2D eigenvalue weighted by Gasteiger charge is 2.15. The number of hydrogen-bond acceptors (Lipinski definition) is 4. The Bertz CT molecular complexity index is 580. The molecule has 0 radical (unpaired) electrons. The molecule has 0 saturated heterocycles. The average molecular weight is 277 g/mol. The lowest BCUT2D eigenvalue weighted by Gasteiger charge is -2.10. The first-order valence-corrected chi connectivity index (χ1v) is 6.80. The number of nitrogens with two attached hydrogens (primary N) is 1. The van der Waals surface area contributed by atoms with E-state index >= 15 is 0 Å². The van der Waals surface area contributed by atoms with E-state index in [0.717, 1.165) is 12.0 Å². The van der Waals surface area contributed by atoms with E-state index in [-0.39, 0.29) is 11.9 Å². The molecule has 1 unspecified atom stereocenters. The van der Waals surface area contributed by atoms with E-state index in [1.165, 1.54) is 12.1 Å². The maximum absolute atomic E-state index is 13.3. The summed E-state index contributed by atoms with van der Waals surface area (Å²) in [5, 5.41) is 3.91. The number of nitrogens with zero attached hydrogens (tertiary/aromatic N) is 2. The van der Waals surface area contributed by atoms with Crippen molar-refractivity contribution >= 4 is 0 Å². The second kappa shape index (κ2) is 6.13. The van der Waals surface area contributed by atoms with E-state index in [1.54, 1.807) is 6.07 Å². The highest BCUT2D eigenvalue weighted by atomic mass is 19.1.